The SMILES string of the molecule is CC(=O)c1ccc(NC(=O)C(C)Sc2nnc(COc3ccc(C)cc3C)n2N)cc1. The predicted molar refractivity (Wildman–Crippen MR) is 121 cm³/mol. The summed E-state index contributed by atoms with van der Waals surface area (Å²) >= 11 is 1.20. The van der Waals surface area contributed by atoms with Gasteiger partial charge in [-0.2, -0.15) is 0 Å². The highest BCUT2D eigenvalue weighted by Crippen LogP contribution is 2.24. The highest BCUT2D eigenvalue weighted by molar-refractivity contribution is 8.00. The molecule has 0 radical (unpaired) electrons. The minimum atomic E-state index is -0.466. The van der Waals surface area contributed by atoms with Gasteiger partial charge in [0.1, 0.15) is 12.4 Å². The molecule has 2 aromatic carbocycles. The molecule has 1 unspecified atom stereocenters. The number of nitrogens with two attached hydrogens (primary N) is 1. The van der Waals surface area contributed by atoms with Gasteiger partial charge >= 0.3 is 0 Å². The molecule has 0 bridgehead atoms. The number of aromatic nitrogens is 3. The van der Waals surface area contributed by atoms with E-state index in [1.165, 1.54) is 23.4 Å². The summed E-state index contributed by atoms with van der Waals surface area (Å²) in [5.74, 6) is 7.07. The van der Waals surface area contributed by atoms with E-state index in [-0.39, 0.29) is 18.3 Å². The number of hydrogen-bond donors (Lipinski definition) is 2. The van der Waals surface area contributed by atoms with E-state index in [4.69, 9.17) is 10.6 Å². The number of aryl methyl sites for hydroxylation is 2. The van der Waals surface area contributed by atoms with Crippen molar-refractivity contribution >= 4 is 29.1 Å². The maximum Gasteiger partial charge on any atom is 0.237 e. The Kier molecular flexibility index (Phi) is 6.96. The minimum Gasteiger partial charge on any atom is -0.485 e. The van der Waals surface area contributed by atoms with Crippen molar-refractivity contribution in [2.75, 3.05) is 11.2 Å². The number of ketones is 1. The van der Waals surface area contributed by atoms with Crippen LogP contribution in [-0.4, -0.2) is 31.8 Å². The van der Waals surface area contributed by atoms with Crippen LogP contribution in [0, 0.1) is 13.8 Å². The highest BCUT2D eigenvalue weighted by atomic mass is 32.2. The molecule has 9 heteroatoms. The van der Waals surface area contributed by atoms with Crippen molar-refractivity contribution in [1.82, 2.24) is 14.9 Å². The highest BCUT2D eigenvalue weighted by Gasteiger charge is 2.20. The number of benzene rings is 2. The van der Waals surface area contributed by atoms with E-state index in [0.717, 1.165) is 16.9 Å². The Morgan fingerprint density at radius 3 is 2.52 bits per heavy atom. The largest absolute Gasteiger partial charge is 0.485 e. The second-order valence-electron chi connectivity index (χ2n) is 7.21. The summed E-state index contributed by atoms with van der Waals surface area (Å²) in [5, 5.41) is 10.9. The summed E-state index contributed by atoms with van der Waals surface area (Å²) in [6, 6.07) is 12.7. The van der Waals surface area contributed by atoms with E-state index in [1.807, 2.05) is 32.0 Å². The topological polar surface area (TPSA) is 112 Å². The maximum atomic E-state index is 12.5. The number of nitrogen functional groups attached to an aromatic ring is 1. The predicted octanol–water partition coefficient (Wildman–Crippen LogP) is 3.51. The van der Waals surface area contributed by atoms with E-state index in [2.05, 4.69) is 15.5 Å². The number of nitrogens with one attached hydrogen (secondary N) is 1. The molecular weight excluding hydrogens is 414 g/mol. The molecule has 0 aliphatic rings. The number of anilines is 1. The Morgan fingerprint density at radius 2 is 1.87 bits per heavy atom. The number of hydrogen-bond acceptors (Lipinski definition) is 7. The lowest BCUT2D eigenvalue weighted by molar-refractivity contribution is -0.115. The molecule has 3 aromatic rings. The van der Waals surface area contributed by atoms with Gasteiger partial charge in [-0.05, 0) is 63.6 Å². The van der Waals surface area contributed by atoms with Crippen LogP contribution in [0.5, 0.6) is 5.75 Å². The minimum absolute atomic E-state index is 0.0265. The quantitative estimate of drug-likeness (QED) is 0.314. The Hall–Kier alpha value is -3.33. The van der Waals surface area contributed by atoms with E-state index in [1.54, 1.807) is 31.2 Å². The molecular formula is C22H25N5O3S. The van der Waals surface area contributed by atoms with E-state index >= 15 is 0 Å². The van der Waals surface area contributed by atoms with Gasteiger partial charge in [0.2, 0.25) is 11.1 Å². The molecule has 0 saturated carbocycles. The third-order valence-electron chi connectivity index (χ3n) is 4.63. The van der Waals surface area contributed by atoms with Crippen molar-refractivity contribution in [2.45, 2.75) is 44.7 Å². The first-order valence-electron chi connectivity index (χ1n) is 9.72. The number of carbonyl (C=O) groups excluding carboxylic acids is 2. The summed E-state index contributed by atoms with van der Waals surface area (Å²) in [6.45, 7) is 7.41. The van der Waals surface area contributed by atoms with Gasteiger partial charge in [-0.1, -0.05) is 29.5 Å². The van der Waals surface area contributed by atoms with Crippen molar-refractivity contribution < 1.29 is 14.3 Å². The Morgan fingerprint density at radius 1 is 1.16 bits per heavy atom. The first-order chi connectivity index (χ1) is 14.7. The summed E-state index contributed by atoms with van der Waals surface area (Å²) in [5.41, 5.74) is 3.39. The molecule has 3 rings (SSSR count). The number of ether oxygens (including phenoxy) is 1. The standard InChI is InChI=1S/C22H25N5O3S/c1-13-5-10-19(14(2)11-13)30-12-20-25-26-22(27(20)23)31-16(4)21(29)24-18-8-6-17(7-9-18)15(3)28/h5-11,16H,12,23H2,1-4H3,(H,24,29). The zero-order valence-electron chi connectivity index (χ0n) is 17.9. The van der Waals surface area contributed by atoms with Crippen LogP contribution in [0.25, 0.3) is 0 Å². The Bertz CT molecular complexity index is 1100. The molecule has 8 nitrogen and oxygen atoms in total. The normalized spacial score (nSPS) is 11.7. The van der Waals surface area contributed by atoms with Gasteiger partial charge < -0.3 is 15.9 Å². The van der Waals surface area contributed by atoms with Gasteiger partial charge in [0.15, 0.2) is 11.6 Å². The Labute approximate surface area is 185 Å². The molecule has 0 spiro atoms. The summed E-state index contributed by atoms with van der Waals surface area (Å²) < 4.78 is 7.15. The van der Waals surface area contributed by atoms with Gasteiger partial charge in [-0.3, -0.25) is 9.59 Å². The Balaban J connectivity index is 1.58. The lowest BCUT2D eigenvalue weighted by Gasteiger charge is -2.12. The number of nitrogens with zero attached hydrogens (tertiary/aromatic N) is 3. The third kappa shape index (κ3) is 5.64. The molecule has 162 valence electrons. The van der Waals surface area contributed by atoms with Gasteiger partial charge in [-0.15, -0.1) is 10.2 Å². The fourth-order valence-corrected chi connectivity index (χ4v) is 3.62. The fraction of sp³-hybridized carbons (Fsp3) is 0.273. The van der Waals surface area contributed by atoms with Crippen LogP contribution in [0.1, 0.15) is 41.2 Å². The van der Waals surface area contributed by atoms with Crippen LogP contribution in [0.2, 0.25) is 0 Å². The number of amides is 1. The van der Waals surface area contributed by atoms with Gasteiger partial charge in [-0.25, -0.2) is 4.68 Å². The van der Waals surface area contributed by atoms with Gasteiger partial charge in [0, 0.05) is 11.3 Å². The van der Waals surface area contributed by atoms with Crippen molar-refractivity contribution in [2.24, 2.45) is 0 Å². The van der Waals surface area contributed by atoms with Crippen molar-refractivity contribution in [1.29, 1.82) is 0 Å². The molecule has 0 fully saturated rings. The molecule has 1 heterocycles. The summed E-state index contributed by atoms with van der Waals surface area (Å²) in [7, 11) is 0. The van der Waals surface area contributed by atoms with Crippen LogP contribution in [0.4, 0.5) is 5.69 Å². The second kappa shape index (κ2) is 9.65. The van der Waals surface area contributed by atoms with Gasteiger partial charge in [0.25, 0.3) is 0 Å². The molecule has 0 saturated heterocycles. The molecule has 1 amide bonds. The van der Waals surface area contributed by atoms with Crippen molar-refractivity contribution in [3.05, 3.63) is 65.0 Å². The first-order valence-corrected chi connectivity index (χ1v) is 10.6. The number of thioether (sulfide) groups is 1. The zero-order valence-corrected chi connectivity index (χ0v) is 18.7. The first kappa shape index (κ1) is 22.4. The average molecular weight is 440 g/mol. The van der Waals surface area contributed by atoms with Crippen LogP contribution in [0.15, 0.2) is 47.6 Å². The number of Topliss-reactive ketones (excluding diaryl/α,β-unsaturated/α-hetero) is 1. The molecule has 0 aliphatic heterocycles. The van der Waals surface area contributed by atoms with E-state index in [9.17, 15) is 9.59 Å². The third-order valence-corrected chi connectivity index (χ3v) is 5.69. The van der Waals surface area contributed by atoms with E-state index < -0.39 is 5.25 Å². The fourth-order valence-electron chi connectivity index (χ4n) is 2.83. The average Bonchev–Trinajstić information content (AvgIpc) is 3.07. The molecule has 0 aliphatic carbocycles. The molecule has 1 aromatic heterocycles. The smallest absolute Gasteiger partial charge is 0.237 e. The van der Waals surface area contributed by atoms with Crippen LogP contribution >= 0.6 is 11.8 Å². The van der Waals surface area contributed by atoms with Crippen LogP contribution in [-0.2, 0) is 11.4 Å². The van der Waals surface area contributed by atoms with Crippen LogP contribution in [0.3, 0.4) is 0 Å². The van der Waals surface area contributed by atoms with Crippen molar-refractivity contribution in [3.63, 3.8) is 0 Å². The van der Waals surface area contributed by atoms with Crippen molar-refractivity contribution in [3.8, 4) is 5.75 Å². The lowest BCUT2D eigenvalue weighted by Crippen LogP contribution is -2.24. The molecule has 1 atom stereocenters. The second-order valence-corrected chi connectivity index (χ2v) is 8.52. The van der Waals surface area contributed by atoms with E-state index in [0.29, 0.717) is 22.2 Å². The zero-order chi connectivity index (χ0) is 22.5. The monoisotopic (exact) mass is 439 g/mol. The summed E-state index contributed by atoms with van der Waals surface area (Å²) in [6.07, 6.45) is 0. The van der Waals surface area contributed by atoms with Gasteiger partial charge in [0.05, 0.1) is 5.25 Å². The summed E-state index contributed by atoms with van der Waals surface area (Å²) in [4.78, 5) is 23.9. The molecule has 31 heavy (non-hydrogen) atoms. The maximum absolute atomic E-state index is 12.5. The number of rotatable bonds is 8. The molecule has 3 N–H and O–H groups in total. The number of carbonyl (C=O) groups is 2. The lowest BCUT2D eigenvalue weighted by atomic mass is 10.1. The van der Waals surface area contributed by atoms with Crippen LogP contribution < -0.4 is 15.9 Å².